The second-order valence-electron chi connectivity index (χ2n) is 6.35. The fraction of sp³-hybridized carbons (Fsp3) is 0.588. The third-order valence-electron chi connectivity index (χ3n) is 4.33. The summed E-state index contributed by atoms with van der Waals surface area (Å²) in [6, 6.07) is 4.44. The summed E-state index contributed by atoms with van der Waals surface area (Å²) < 4.78 is 31.1. The normalized spacial score (nSPS) is 15.8. The maximum absolute atomic E-state index is 12.4. The Bertz CT molecular complexity index is 715. The number of carbonyl (C=O) groups excluding carboxylic acids is 1. The lowest BCUT2D eigenvalue weighted by atomic mass is 10.2. The Morgan fingerprint density at radius 1 is 1.31 bits per heavy atom. The molecule has 0 aromatic heterocycles. The van der Waals surface area contributed by atoms with E-state index in [0.717, 1.165) is 43.4 Å². The molecule has 8 nitrogen and oxygen atoms in total. The fourth-order valence-electron chi connectivity index (χ4n) is 2.76. The lowest BCUT2D eigenvalue weighted by molar-refractivity contribution is 0.0951. The maximum Gasteiger partial charge on any atom is 0.251 e. The number of piperazine rings is 1. The molecular formula is C17H28N4O4S. The number of sulfonamides is 1. The highest BCUT2D eigenvalue weighted by Gasteiger charge is 2.23. The van der Waals surface area contributed by atoms with Crippen LogP contribution in [0, 0.1) is 0 Å². The van der Waals surface area contributed by atoms with Gasteiger partial charge in [0.25, 0.3) is 5.91 Å². The van der Waals surface area contributed by atoms with E-state index >= 15 is 0 Å². The molecule has 0 radical (unpaired) electrons. The van der Waals surface area contributed by atoms with Gasteiger partial charge in [-0.05, 0) is 31.2 Å². The lowest BCUT2D eigenvalue weighted by Crippen LogP contribution is -2.44. The Morgan fingerprint density at radius 3 is 2.62 bits per heavy atom. The van der Waals surface area contributed by atoms with E-state index in [9.17, 15) is 13.2 Å². The molecule has 1 fully saturated rings. The van der Waals surface area contributed by atoms with Crippen LogP contribution in [0.3, 0.4) is 0 Å². The number of rotatable bonds is 8. The molecule has 1 saturated heterocycles. The first kappa shape index (κ1) is 20.6. The van der Waals surface area contributed by atoms with Crippen LogP contribution in [-0.2, 0) is 10.0 Å². The van der Waals surface area contributed by atoms with Gasteiger partial charge in [-0.25, -0.2) is 12.7 Å². The van der Waals surface area contributed by atoms with E-state index < -0.39 is 10.0 Å². The zero-order chi connectivity index (χ0) is 19.2. The first-order valence-corrected chi connectivity index (χ1v) is 10.1. The van der Waals surface area contributed by atoms with Crippen molar-refractivity contribution in [2.45, 2.75) is 11.3 Å². The molecular weight excluding hydrogens is 356 g/mol. The second kappa shape index (κ2) is 9.31. The molecule has 0 aliphatic carbocycles. The van der Waals surface area contributed by atoms with Gasteiger partial charge < -0.3 is 20.3 Å². The largest absolute Gasteiger partial charge is 0.495 e. The smallest absolute Gasteiger partial charge is 0.251 e. The molecule has 0 saturated carbocycles. The van der Waals surface area contributed by atoms with E-state index in [0.29, 0.717) is 12.1 Å². The van der Waals surface area contributed by atoms with Crippen molar-refractivity contribution >= 4 is 15.9 Å². The molecule has 1 amide bonds. The van der Waals surface area contributed by atoms with Crippen molar-refractivity contribution < 1.29 is 17.9 Å². The number of hydrogen-bond donors (Lipinski definition) is 2. The fourth-order valence-corrected chi connectivity index (χ4v) is 3.83. The molecule has 1 aliphatic rings. The third kappa shape index (κ3) is 5.16. The molecule has 1 heterocycles. The number of carbonyl (C=O) groups is 1. The number of nitrogens with one attached hydrogen (secondary N) is 2. The molecule has 1 aliphatic heterocycles. The molecule has 2 rings (SSSR count). The molecule has 146 valence electrons. The zero-order valence-electron chi connectivity index (χ0n) is 15.6. The predicted octanol–water partition coefficient (Wildman–Crippen LogP) is -0.0294. The molecule has 0 spiro atoms. The van der Waals surface area contributed by atoms with Gasteiger partial charge in [-0.2, -0.15) is 0 Å². The molecule has 1 aromatic rings. The SMILES string of the molecule is COc1ccc(C(=O)NCCCN2CCNCC2)cc1S(=O)(=O)N(C)C. The summed E-state index contributed by atoms with van der Waals surface area (Å²) in [6.45, 7) is 5.54. The highest BCUT2D eigenvalue weighted by atomic mass is 32.2. The number of hydrogen-bond acceptors (Lipinski definition) is 6. The molecule has 0 atom stereocenters. The van der Waals surface area contributed by atoms with Crippen molar-refractivity contribution in [3.8, 4) is 5.75 Å². The highest BCUT2D eigenvalue weighted by molar-refractivity contribution is 7.89. The monoisotopic (exact) mass is 384 g/mol. The lowest BCUT2D eigenvalue weighted by Gasteiger charge is -2.27. The molecule has 0 unspecified atom stereocenters. The van der Waals surface area contributed by atoms with E-state index in [1.807, 2.05) is 0 Å². The van der Waals surface area contributed by atoms with Crippen LogP contribution < -0.4 is 15.4 Å². The van der Waals surface area contributed by atoms with Gasteiger partial charge in [0.05, 0.1) is 7.11 Å². The summed E-state index contributed by atoms with van der Waals surface area (Å²) in [5.41, 5.74) is 0.299. The van der Waals surface area contributed by atoms with Crippen molar-refractivity contribution in [2.24, 2.45) is 0 Å². The van der Waals surface area contributed by atoms with Crippen LogP contribution in [0.1, 0.15) is 16.8 Å². The Morgan fingerprint density at radius 2 is 2.00 bits per heavy atom. The Labute approximate surface area is 155 Å². The molecule has 26 heavy (non-hydrogen) atoms. The van der Waals surface area contributed by atoms with Crippen LogP contribution in [0.15, 0.2) is 23.1 Å². The van der Waals surface area contributed by atoms with Gasteiger partial charge in [-0.1, -0.05) is 0 Å². The molecule has 1 aromatic carbocycles. The topological polar surface area (TPSA) is 91.0 Å². The summed E-state index contributed by atoms with van der Waals surface area (Å²) in [5, 5.41) is 6.16. The zero-order valence-corrected chi connectivity index (χ0v) is 16.4. The summed E-state index contributed by atoms with van der Waals surface area (Å²) in [7, 11) is 0.587. The standard InChI is InChI=1S/C17H28N4O4S/c1-20(2)26(23,24)16-13-14(5-6-15(16)25-3)17(22)19-7-4-10-21-11-8-18-9-12-21/h5-6,13,18H,4,7-12H2,1-3H3,(H,19,22). The van der Waals surface area contributed by atoms with Crippen molar-refractivity contribution in [3.63, 3.8) is 0 Å². The van der Waals surface area contributed by atoms with Gasteiger partial charge in [0, 0.05) is 52.4 Å². The van der Waals surface area contributed by atoms with E-state index in [2.05, 4.69) is 15.5 Å². The highest BCUT2D eigenvalue weighted by Crippen LogP contribution is 2.26. The first-order valence-electron chi connectivity index (χ1n) is 8.68. The third-order valence-corrected chi connectivity index (χ3v) is 6.17. The van der Waals surface area contributed by atoms with Gasteiger partial charge in [-0.3, -0.25) is 4.79 Å². The summed E-state index contributed by atoms with van der Waals surface area (Å²) >= 11 is 0. The average Bonchev–Trinajstić information content (AvgIpc) is 2.65. The van der Waals surface area contributed by atoms with Crippen LogP contribution in [0.2, 0.25) is 0 Å². The van der Waals surface area contributed by atoms with Gasteiger partial charge >= 0.3 is 0 Å². The van der Waals surface area contributed by atoms with Gasteiger partial charge in [0.1, 0.15) is 10.6 Å². The quantitative estimate of drug-likeness (QED) is 0.612. The van der Waals surface area contributed by atoms with E-state index in [1.165, 1.54) is 33.3 Å². The number of amides is 1. The molecule has 2 N–H and O–H groups in total. The van der Waals surface area contributed by atoms with E-state index in [4.69, 9.17) is 4.74 Å². The minimum Gasteiger partial charge on any atom is -0.495 e. The second-order valence-corrected chi connectivity index (χ2v) is 8.47. The van der Waals surface area contributed by atoms with Crippen molar-refractivity contribution in [1.29, 1.82) is 0 Å². The van der Waals surface area contributed by atoms with Crippen LogP contribution in [0.25, 0.3) is 0 Å². The van der Waals surface area contributed by atoms with Gasteiger partial charge in [-0.15, -0.1) is 0 Å². The van der Waals surface area contributed by atoms with Crippen molar-refractivity contribution in [1.82, 2.24) is 19.8 Å². The first-order chi connectivity index (χ1) is 12.4. The van der Waals surface area contributed by atoms with Crippen molar-refractivity contribution in [2.75, 3.05) is 60.5 Å². The van der Waals surface area contributed by atoms with E-state index in [-0.39, 0.29) is 16.6 Å². The summed E-state index contributed by atoms with van der Waals surface area (Å²) in [6.07, 6.45) is 0.852. The Kier molecular flexibility index (Phi) is 7.39. The Hall–Kier alpha value is -1.68. The van der Waals surface area contributed by atoms with E-state index in [1.54, 1.807) is 6.07 Å². The number of nitrogens with zero attached hydrogens (tertiary/aromatic N) is 2. The molecule has 0 bridgehead atoms. The minimum atomic E-state index is -3.70. The van der Waals surface area contributed by atoms with Crippen LogP contribution in [0.5, 0.6) is 5.75 Å². The van der Waals surface area contributed by atoms with Gasteiger partial charge in [0.2, 0.25) is 10.0 Å². The summed E-state index contributed by atoms with van der Waals surface area (Å²) in [4.78, 5) is 14.7. The minimum absolute atomic E-state index is 0.0153. The van der Waals surface area contributed by atoms with Crippen molar-refractivity contribution in [3.05, 3.63) is 23.8 Å². The predicted molar refractivity (Wildman–Crippen MR) is 100 cm³/mol. The van der Waals surface area contributed by atoms with Gasteiger partial charge in [0.15, 0.2) is 0 Å². The Balaban J connectivity index is 1.98. The maximum atomic E-state index is 12.4. The van der Waals surface area contributed by atoms with Crippen LogP contribution in [0.4, 0.5) is 0 Å². The molecule has 9 heteroatoms. The average molecular weight is 385 g/mol. The number of benzene rings is 1. The van der Waals surface area contributed by atoms with Crippen LogP contribution in [-0.4, -0.2) is 84.0 Å². The summed E-state index contributed by atoms with van der Waals surface area (Å²) in [5.74, 6) is -0.0721. The number of methoxy groups -OCH3 is 1. The number of ether oxygens (including phenoxy) is 1. The van der Waals surface area contributed by atoms with Crippen LogP contribution >= 0.6 is 0 Å².